The lowest BCUT2D eigenvalue weighted by Crippen LogP contribution is -2.34. The molecule has 1 fully saturated rings. The number of rotatable bonds is 3. The van der Waals surface area contributed by atoms with Crippen LogP contribution >= 0.6 is 15.9 Å². The highest BCUT2D eigenvalue weighted by Gasteiger charge is 2.12. The first-order valence-corrected chi connectivity index (χ1v) is 7.03. The molecule has 1 aliphatic heterocycles. The van der Waals surface area contributed by atoms with E-state index in [9.17, 15) is 0 Å². The molecule has 0 aliphatic carbocycles. The van der Waals surface area contributed by atoms with Gasteiger partial charge in [-0.25, -0.2) is 0 Å². The van der Waals surface area contributed by atoms with Gasteiger partial charge in [0.2, 0.25) is 0 Å². The molecular formula is C14H20BrN. The monoisotopic (exact) mass is 281 g/mol. The summed E-state index contributed by atoms with van der Waals surface area (Å²) in [5, 5.41) is 3.61. The maximum absolute atomic E-state index is 3.61. The molecule has 0 saturated carbocycles. The first-order chi connectivity index (χ1) is 7.75. The highest BCUT2D eigenvalue weighted by atomic mass is 79.9. The van der Waals surface area contributed by atoms with E-state index in [4.69, 9.17) is 0 Å². The normalized spacial score (nSPS) is 21.0. The van der Waals surface area contributed by atoms with Crippen LogP contribution in [-0.2, 0) is 6.42 Å². The van der Waals surface area contributed by atoms with Crippen molar-refractivity contribution >= 4 is 15.9 Å². The van der Waals surface area contributed by atoms with Gasteiger partial charge in [0, 0.05) is 10.5 Å². The molecule has 0 amide bonds. The summed E-state index contributed by atoms with van der Waals surface area (Å²) in [5.74, 6) is 0. The molecule has 2 rings (SSSR count). The fourth-order valence-electron chi connectivity index (χ4n) is 2.41. The Morgan fingerprint density at radius 1 is 1.38 bits per heavy atom. The standard InChI is InChI=1S/C14H20BrN/c1-11-5-7-13(15)10-12(11)6-8-14-4-2-3-9-16-14/h5,7,10,14,16H,2-4,6,8-9H2,1H3. The zero-order chi connectivity index (χ0) is 11.4. The molecule has 0 bridgehead atoms. The third-order valence-electron chi connectivity index (χ3n) is 3.49. The van der Waals surface area contributed by atoms with Crippen LogP contribution in [0.4, 0.5) is 0 Å². The average Bonchev–Trinajstić information content (AvgIpc) is 2.32. The van der Waals surface area contributed by atoms with Crippen LogP contribution in [0.25, 0.3) is 0 Å². The van der Waals surface area contributed by atoms with Crippen molar-refractivity contribution in [2.75, 3.05) is 6.54 Å². The predicted molar refractivity (Wildman–Crippen MR) is 72.8 cm³/mol. The highest BCUT2D eigenvalue weighted by Crippen LogP contribution is 2.19. The second-order valence-electron chi connectivity index (χ2n) is 4.76. The van der Waals surface area contributed by atoms with Crippen LogP contribution in [-0.4, -0.2) is 12.6 Å². The van der Waals surface area contributed by atoms with Crippen molar-refractivity contribution in [3.05, 3.63) is 33.8 Å². The Bertz CT molecular complexity index is 343. The van der Waals surface area contributed by atoms with Gasteiger partial charge < -0.3 is 5.32 Å². The van der Waals surface area contributed by atoms with Crippen molar-refractivity contribution in [2.24, 2.45) is 0 Å². The Hall–Kier alpha value is -0.340. The fourth-order valence-corrected chi connectivity index (χ4v) is 2.82. The van der Waals surface area contributed by atoms with E-state index in [1.54, 1.807) is 0 Å². The quantitative estimate of drug-likeness (QED) is 0.888. The topological polar surface area (TPSA) is 12.0 Å². The van der Waals surface area contributed by atoms with Crippen molar-refractivity contribution in [3.8, 4) is 0 Å². The van der Waals surface area contributed by atoms with Crippen molar-refractivity contribution in [2.45, 2.75) is 45.1 Å². The van der Waals surface area contributed by atoms with Crippen molar-refractivity contribution in [1.29, 1.82) is 0 Å². The summed E-state index contributed by atoms with van der Waals surface area (Å²) in [6.45, 7) is 3.41. The molecule has 88 valence electrons. The van der Waals surface area contributed by atoms with Crippen LogP contribution in [0.2, 0.25) is 0 Å². The minimum atomic E-state index is 0.743. The summed E-state index contributed by atoms with van der Waals surface area (Å²) in [5.41, 5.74) is 2.90. The number of aryl methyl sites for hydroxylation is 2. The van der Waals surface area contributed by atoms with Gasteiger partial charge in [-0.3, -0.25) is 0 Å². The van der Waals surface area contributed by atoms with Gasteiger partial charge in [-0.1, -0.05) is 28.4 Å². The molecule has 1 aliphatic rings. The number of nitrogens with one attached hydrogen (secondary N) is 1. The Balaban J connectivity index is 1.90. The van der Waals surface area contributed by atoms with Gasteiger partial charge in [0.05, 0.1) is 0 Å². The molecule has 1 nitrogen and oxygen atoms in total. The van der Waals surface area contributed by atoms with Crippen LogP contribution in [0.5, 0.6) is 0 Å². The van der Waals surface area contributed by atoms with Gasteiger partial charge in [-0.05, 0) is 62.4 Å². The summed E-state index contributed by atoms with van der Waals surface area (Å²) in [7, 11) is 0. The lowest BCUT2D eigenvalue weighted by molar-refractivity contribution is 0.382. The minimum Gasteiger partial charge on any atom is -0.314 e. The van der Waals surface area contributed by atoms with Crippen LogP contribution in [0.1, 0.15) is 36.8 Å². The maximum Gasteiger partial charge on any atom is 0.0178 e. The second kappa shape index (κ2) is 5.83. The maximum atomic E-state index is 3.61. The Kier molecular flexibility index (Phi) is 4.42. The molecule has 1 N–H and O–H groups in total. The molecule has 16 heavy (non-hydrogen) atoms. The van der Waals surface area contributed by atoms with E-state index in [1.807, 2.05) is 0 Å². The van der Waals surface area contributed by atoms with Crippen molar-refractivity contribution in [3.63, 3.8) is 0 Å². The van der Waals surface area contributed by atoms with Gasteiger partial charge >= 0.3 is 0 Å². The van der Waals surface area contributed by atoms with E-state index >= 15 is 0 Å². The average molecular weight is 282 g/mol. The summed E-state index contributed by atoms with van der Waals surface area (Å²) >= 11 is 3.55. The molecule has 1 unspecified atom stereocenters. The first kappa shape index (κ1) is 12.1. The Morgan fingerprint density at radius 2 is 2.25 bits per heavy atom. The van der Waals surface area contributed by atoms with Crippen molar-refractivity contribution < 1.29 is 0 Å². The molecular weight excluding hydrogens is 262 g/mol. The number of piperidine rings is 1. The molecule has 0 aromatic heterocycles. The Morgan fingerprint density at radius 3 is 3.00 bits per heavy atom. The summed E-state index contributed by atoms with van der Waals surface area (Å²) in [6.07, 6.45) is 6.58. The van der Waals surface area contributed by atoms with Gasteiger partial charge in [-0.15, -0.1) is 0 Å². The van der Waals surface area contributed by atoms with Crippen LogP contribution < -0.4 is 5.32 Å². The number of benzene rings is 1. The molecule has 1 aromatic carbocycles. The second-order valence-corrected chi connectivity index (χ2v) is 5.67. The molecule has 2 heteroatoms. The van der Waals surface area contributed by atoms with Gasteiger partial charge in [0.1, 0.15) is 0 Å². The zero-order valence-electron chi connectivity index (χ0n) is 9.93. The van der Waals surface area contributed by atoms with Gasteiger partial charge in [-0.2, -0.15) is 0 Å². The summed E-state index contributed by atoms with van der Waals surface area (Å²) in [6, 6.07) is 7.33. The van der Waals surface area contributed by atoms with E-state index < -0.39 is 0 Å². The third kappa shape index (κ3) is 3.33. The summed E-state index contributed by atoms with van der Waals surface area (Å²) < 4.78 is 1.20. The van der Waals surface area contributed by atoms with E-state index in [0.717, 1.165) is 6.04 Å². The highest BCUT2D eigenvalue weighted by molar-refractivity contribution is 9.10. The van der Waals surface area contributed by atoms with Crippen LogP contribution in [0.15, 0.2) is 22.7 Å². The minimum absolute atomic E-state index is 0.743. The van der Waals surface area contributed by atoms with E-state index in [0.29, 0.717) is 0 Å². The molecule has 1 saturated heterocycles. The largest absolute Gasteiger partial charge is 0.314 e. The predicted octanol–water partition coefficient (Wildman–Crippen LogP) is 3.83. The number of halogens is 1. The Labute approximate surface area is 107 Å². The third-order valence-corrected chi connectivity index (χ3v) is 3.98. The van der Waals surface area contributed by atoms with Gasteiger partial charge in [0.25, 0.3) is 0 Å². The molecule has 0 spiro atoms. The van der Waals surface area contributed by atoms with E-state index in [2.05, 4.69) is 46.4 Å². The number of hydrogen-bond acceptors (Lipinski definition) is 1. The van der Waals surface area contributed by atoms with Crippen molar-refractivity contribution in [1.82, 2.24) is 5.32 Å². The van der Waals surface area contributed by atoms with E-state index in [1.165, 1.54) is 54.2 Å². The van der Waals surface area contributed by atoms with Crippen LogP contribution in [0, 0.1) is 6.92 Å². The van der Waals surface area contributed by atoms with E-state index in [-0.39, 0.29) is 0 Å². The lowest BCUT2D eigenvalue weighted by Gasteiger charge is -2.23. The molecule has 1 atom stereocenters. The first-order valence-electron chi connectivity index (χ1n) is 6.24. The summed E-state index contributed by atoms with van der Waals surface area (Å²) in [4.78, 5) is 0. The molecule has 1 aromatic rings. The fraction of sp³-hybridized carbons (Fsp3) is 0.571. The number of hydrogen-bond donors (Lipinski definition) is 1. The lowest BCUT2D eigenvalue weighted by atomic mass is 9.96. The smallest absolute Gasteiger partial charge is 0.0178 e. The van der Waals surface area contributed by atoms with Gasteiger partial charge in [0.15, 0.2) is 0 Å². The zero-order valence-corrected chi connectivity index (χ0v) is 11.5. The molecule has 1 heterocycles. The van der Waals surface area contributed by atoms with Crippen LogP contribution in [0.3, 0.4) is 0 Å². The SMILES string of the molecule is Cc1ccc(Br)cc1CCC1CCCCN1. The molecule has 0 radical (unpaired) electrons.